The largest absolute Gasteiger partial charge is 0.573 e. The number of aromatic nitrogens is 2. The lowest BCUT2D eigenvalue weighted by Crippen LogP contribution is -2.41. The number of hydrazine groups is 1. The number of hydrogen-bond acceptors (Lipinski definition) is 8. The molecule has 3 N–H and O–H groups in total. The zero-order valence-electron chi connectivity index (χ0n) is 16.9. The number of halogens is 3. The lowest BCUT2D eigenvalue weighted by molar-refractivity contribution is -0.274. The third-order valence-electron chi connectivity index (χ3n) is 4.26. The maximum atomic E-state index is 12.9. The third kappa shape index (κ3) is 6.03. The number of rotatable bonds is 8. The highest BCUT2D eigenvalue weighted by molar-refractivity contribution is 6.08. The van der Waals surface area contributed by atoms with Gasteiger partial charge in [0.2, 0.25) is 0 Å². The average molecular weight is 451 g/mol. The van der Waals surface area contributed by atoms with E-state index in [1.807, 2.05) is 0 Å². The Morgan fingerprint density at radius 3 is 2.50 bits per heavy atom. The predicted octanol–water partition coefficient (Wildman–Crippen LogP) is 2.14. The number of amides is 1. The number of ether oxygens (including phenoxy) is 3. The minimum atomic E-state index is -4.82. The first-order valence-electron chi connectivity index (χ1n) is 9.27. The Labute approximate surface area is 181 Å². The molecule has 0 saturated carbocycles. The van der Waals surface area contributed by atoms with E-state index in [-0.39, 0.29) is 11.3 Å². The molecule has 1 atom stereocenters. The van der Waals surface area contributed by atoms with Crippen molar-refractivity contribution in [2.24, 2.45) is 5.84 Å². The first-order chi connectivity index (χ1) is 15.3. The summed E-state index contributed by atoms with van der Waals surface area (Å²) in [4.78, 5) is 20.9. The Balaban J connectivity index is 1.78. The van der Waals surface area contributed by atoms with Crippen molar-refractivity contribution >= 4 is 17.2 Å². The highest BCUT2D eigenvalue weighted by atomic mass is 19.4. The molecule has 170 valence electrons. The normalized spacial score (nSPS) is 16.0. The molecule has 0 radical (unpaired) electrons. The van der Waals surface area contributed by atoms with Crippen LogP contribution in [0.3, 0.4) is 0 Å². The summed E-state index contributed by atoms with van der Waals surface area (Å²) in [5.74, 6) is 4.88. The molecule has 0 aliphatic carbocycles. The highest BCUT2D eigenvalue weighted by Crippen LogP contribution is 2.27. The van der Waals surface area contributed by atoms with Gasteiger partial charge in [0.25, 0.3) is 5.91 Å². The van der Waals surface area contributed by atoms with E-state index >= 15 is 0 Å². The maximum Gasteiger partial charge on any atom is 0.573 e. The van der Waals surface area contributed by atoms with Gasteiger partial charge in [0.15, 0.2) is 6.23 Å². The second kappa shape index (κ2) is 10.2. The van der Waals surface area contributed by atoms with Gasteiger partial charge in [-0.15, -0.1) is 13.2 Å². The fourth-order valence-electron chi connectivity index (χ4n) is 2.80. The summed E-state index contributed by atoms with van der Waals surface area (Å²) in [6, 6.07) is 4.60. The third-order valence-corrected chi connectivity index (χ3v) is 4.26. The van der Waals surface area contributed by atoms with Crippen LogP contribution in [0.1, 0.15) is 5.56 Å². The van der Waals surface area contributed by atoms with Gasteiger partial charge in [0.05, 0.1) is 24.5 Å². The molecule has 2 aromatic rings. The Bertz CT molecular complexity index is 981. The molecule has 1 aliphatic heterocycles. The first-order valence-corrected chi connectivity index (χ1v) is 9.27. The fourth-order valence-corrected chi connectivity index (χ4v) is 2.80. The van der Waals surface area contributed by atoms with E-state index in [9.17, 15) is 18.0 Å². The van der Waals surface area contributed by atoms with E-state index in [1.165, 1.54) is 24.7 Å². The number of anilines is 1. The number of nitrogens with zero attached hydrogens (tertiary/aromatic N) is 3. The topological polar surface area (TPSA) is 112 Å². The summed E-state index contributed by atoms with van der Waals surface area (Å²) in [5.41, 5.74) is 1.57. The summed E-state index contributed by atoms with van der Waals surface area (Å²) in [6.07, 6.45) is 2.13. The molecule has 3 rings (SSSR count). The molecule has 1 aromatic carbocycles. The van der Waals surface area contributed by atoms with Crippen molar-refractivity contribution in [3.05, 3.63) is 66.4 Å². The number of methoxy groups -OCH3 is 1. The Hall–Kier alpha value is -3.48. The molecule has 0 fully saturated rings. The summed E-state index contributed by atoms with van der Waals surface area (Å²) in [7, 11) is 1.55. The zero-order chi connectivity index (χ0) is 23.1. The molecule has 0 saturated heterocycles. The van der Waals surface area contributed by atoms with Crippen molar-refractivity contribution in [2.45, 2.75) is 12.6 Å². The average Bonchev–Trinajstić information content (AvgIpc) is 2.78. The Morgan fingerprint density at radius 2 is 1.88 bits per heavy atom. The van der Waals surface area contributed by atoms with Crippen molar-refractivity contribution in [2.75, 3.05) is 25.3 Å². The van der Waals surface area contributed by atoms with Crippen LogP contribution in [0.4, 0.5) is 18.9 Å². The van der Waals surface area contributed by atoms with E-state index < -0.39 is 24.2 Å². The second-order valence-electron chi connectivity index (χ2n) is 6.45. The quantitative estimate of drug-likeness (QED) is 0.272. The number of nitrogens with one attached hydrogen (secondary N) is 1. The summed E-state index contributed by atoms with van der Waals surface area (Å²) < 4.78 is 51.5. The fraction of sp³-hybridized carbons (Fsp3) is 0.250. The Morgan fingerprint density at radius 1 is 1.19 bits per heavy atom. The number of dihydropyridines is 1. The number of carbonyl (C=O) groups excluding carboxylic acids is 1. The molecule has 9 nitrogen and oxygen atoms in total. The molecule has 1 unspecified atom stereocenters. The van der Waals surface area contributed by atoms with Crippen LogP contribution in [0.2, 0.25) is 0 Å². The number of hydrogen-bond donors (Lipinski definition) is 2. The molecule has 1 aromatic heterocycles. The van der Waals surface area contributed by atoms with Crippen molar-refractivity contribution in [3.8, 4) is 5.75 Å². The first kappa shape index (κ1) is 23.2. The maximum absolute atomic E-state index is 12.9. The number of benzene rings is 1. The van der Waals surface area contributed by atoms with E-state index in [0.717, 1.165) is 17.1 Å². The van der Waals surface area contributed by atoms with Gasteiger partial charge in [-0.2, -0.15) is 0 Å². The van der Waals surface area contributed by atoms with Gasteiger partial charge in [-0.3, -0.25) is 4.79 Å². The molecule has 2 heterocycles. The van der Waals surface area contributed by atoms with Gasteiger partial charge < -0.3 is 19.5 Å². The lowest BCUT2D eigenvalue weighted by Gasteiger charge is -2.27. The lowest BCUT2D eigenvalue weighted by atomic mass is 10.0. The molecule has 1 amide bonds. The van der Waals surface area contributed by atoms with Gasteiger partial charge in [-0.25, -0.2) is 20.8 Å². The molecular formula is C20H20F3N5O4. The standard InChI is InChI=1S/C20H20F3N5O4/c1-30-6-7-31-18-17(14-9-25-12-26-10-14)8-13(11-27-18)19(29)28(24)15-2-4-16(5-3-15)32-20(21,22)23/h2-5,8-12,18,27H,6-7,24H2,1H3. The Kier molecular flexibility index (Phi) is 7.41. The van der Waals surface area contributed by atoms with Crippen molar-refractivity contribution in [1.29, 1.82) is 0 Å². The van der Waals surface area contributed by atoms with Gasteiger partial charge >= 0.3 is 6.36 Å². The van der Waals surface area contributed by atoms with Gasteiger partial charge in [0, 0.05) is 36.8 Å². The molecular weight excluding hydrogens is 431 g/mol. The highest BCUT2D eigenvalue weighted by Gasteiger charge is 2.31. The molecule has 0 bridgehead atoms. The summed E-state index contributed by atoms with van der Waals surface area (Å²) in [5, 5.41) is 3.80. The van der Waals surface area contributed by atoms with Gasteiger partial charge in [-0.1, -0.05) is 0 Å². The molecule has 12 heteroatoms. The SMILES string of the molecule is COCCOC1NC=C(C(=O)N(N)c2ccc(OC(F)(F)F)cc2)C=C1c1cncnc1. The van der Waals surface area contributed by atoms with Crippen LogP contribution in [-0.4, -0.2) is 48.8 Å². The van der Waals surface area contributed by atoms with Crippen molar-refractivity contribution < 1.29 is 32.2 Å². The summed E-state index contributed by atoms with van der Waals surface area (Å²) >= 11 is 0. The van der Waals surface area contributed by atoms with E-state index in [2.05, 4.69) is 20.0 Å². The number of alkyl halides is 3. The van der Waals surface area contributed by atoms with E-state index in [4.69, 9.17) is 15.3 Å². The van der Waals surface area contributed by atoms with Crippen molar-refractivity contribution in [3.63, 3.8) is 0 Å². The van der Waals surface area contributed by atoms with Gasteiger partial charge in [-0.05, 0) is 30.3 Å². The van der Waals surface area contributed by atoms with Crippen LogP contribution in [0, 0.1) is 0 Å². The predicted molar refractivity (Wildman–Crippen MR) is 108 cm³/mol. The second-order valence-corrected chi connectivity index (χ2v) is 6.45. The number of nitrogens with two attached hydrogens (primary N) is 1. The molecule has 0 spiro atoms. The zero-order valence-corrected chi connectivity index (χ0v) is 16.9. The van der Waals surface area contributed by atoms with E-state index in [0.29, 0.717) is 24.4 Å². The van der Waals surface area contributed by atoms with Crippen LogP contribution in [0.25, 0.3) is 5.57 Å². The van der Waals surface area contributed by atoms with Crippen LogP contribution < -0.4 is 20.9 Å². The minimum absolute atomic E-state index is 0.168. The molecule has 32 heavy (non-hydrogen) atoms. The van der Waals surface area contributed by atoms with Crippen molar-refractivity contribution in [1.82, 2.24) is 15.3 Å². The number of carbonyl (C=O) groups is 1. The monoisotopic (exact) mass is 451 g/mol. The molecule has 1 aliphatic rings. The van der Waals surface area contributed by atoms with Crippen LogP contribution in [0.5, 0.6) is 5.75 Å². The van der Waals surface area contributed by atoms with E-state index in [1.54, 1.807) is 25.6 Å². The summed E-state index contributed by atoms with van der Waals surface area (Å²) in [6.45, 7) is 0.669. The van der Waals surface area contributed by atoms with Crippen LogP contribution >= 0.6 is 0 Å². The van der Waals surface area contributed by atoms with Gasteiger partial charge in [0.1, 0.15) is 12.1 Å². The smallest absolute Gasteiger partial charge is 0.406 e. The van der Waals surface area contributed by atoms with Crippen LogP contribution in [-0.2, 0) is 14.3 Å². The van der Waals surface area contributed by atoms with Crippen LogP contribution in [0.15, 0.2) is 60.8 Å². The minimum Gasteiger partial charge on any atom is -0.406 e.